The molecule has 6 heteroatoms. The minimum Gasteiger partial charge on any atom is -0.464 e. The summed E-state index contributed by atoms with van der Waals surface area (Å²) < 4.78 is 11.6. The molecular formula is C30H35N3O2S. The number of piperazine rings is 1. The number of anilines is 1. The molecular weight excluding hydrogens is 466 g/mol. The van der Waals surface area contributed by atoms with Crippen molar-refractivity contribution in [1.82, 2.24) is 9.27 Å². The van der Waals surface area contributed by atoms with Crippen LogP contribution in [0.4, 0.5) is 5.82 Å². The van der Waals surface area contributed by atoms with Gasteiger partial charge in [-0.05, 0) is 67.4 Å². The summed E-state index contributed by atoms with van der Waals surface area (Å²) in [5, 5.41) is 2.37. The van der Waals surface area contributed by atoms with Gasteiger partial charge in [0.25, 0.3) is 0 Å². The lowest BCUT2D eigenvalue weighted by Gasteiger charge is -2.36. The van der Waals surface area contributed by atoms with Gasteiger partial charge in [-0.1, -0.05) is 43.2 Å². The quantitative estimate of drug-likeness (QED) is 0.274. The van der Waals surface area contributed by atoms with Crippen molar-refractivity contribution >= 4 is 44.2 Å². The second-order valence-corrected chi connectivity index (χ2v) is 11.5. The highest BCUT2D eigenvalue weighted by Gasteiger charge is 2.25. The second kappa shape index (κ2) is 10.7. The Kier molecular flexibility index (Phi) is 7.06. The van der Waals surface area contributed by atoms with Crippen LogP contribution in [0.25, 0.3) is 21.1 Å². The summed E-state index contributed by atoms with van der Waals surface area (Å²) in [4.78, 5) is 17.9. The molecule has 0 radical (unpaired) electrons. The van der Waals surface area contributed by atoms with Crippen LogP contribution in [0.2, 0.25) is 0 Å². The van der Waals surface area contributed by atoms with Gasteiger partial charge in [-0.15, -0.1) is 0 Å². The van der Waals surface area contributed by atoms with Crippen molar-refractivity contribution in [2.45, 2.75) is 44.9 Å². The normalized spacial score (nSPS) is 21.4. The first-order chi connectivity index (χ1) is 17.7. The molecule has 0 atom stereocenters. The Balaban J connectivity index is 0.911. The molecule has 0 bridgehead atoms. The summed E-state index contributed by atoms with van der Waals surface area (Å²) in [5.74, 6) is 2.90. The topological polar surface area (TPSA) is 49.6 Å². The van der Waals surface area contributed by atoms with Crippen LogP contribution >= 0.6 is 11.5 Å². The molecule has 0 spiro atoms. The Labute approximate surface area is 217 Å². The van der Waals surface area contributed by atoms with Crippen molar-refractivity contribution in [2.75, 3.05) is 37.6 Å². The average Bonchev–Trinajstić information content (AvgIpc) is 3.53. The number of furan rings is 1. The molecule has 0 unspecified atom stereocenters. The number of nitrogens with zero attached hydrogens (tertiary/aromatic N) is 3. The summed E-state index contributed by atoms with van der Waals surface area (Å²) in [7, 11) is 0. The Morgan fingerprint density at radius 2 is 1.64 bits per heavy atom. The van der Waals surface area contributed by atoms with Crippen molar-refractivity contribution in [3.05, 3.63) is 60.4 Å². The van der Waals surface area contributed by atoms with Crippen LogP contribution in [0.5, 0.6) is 0 Å². The predicted octanol–water partition coefficient (Wildman–Crippen LogP) is 6.56. The highest BCUT2D eigenvalue weighted by molar-refractivity contribution is 7.13. The van der Waals surface area contributed by atoms with Gasteiger partial charge in [-0.3, -0.25) is 9.69 Å². The van der Waals surface area contributed by atoms with E-state index in [9.17, 15) is 4.79 Å². The SMILES string of the molecule is O=C(Cc1coc2ccccc12)CC1CCC(CCN2CCN(c3nsc4ccccc34)CC2)CC1. The van der Waals surface area contributed by atoms with Gasteiger partial charge >= 0.3 is 0 Å². The Hall–Kier alpha value is -2.70. The van der Waals surface area contributed by atoms with E-state index in [1.807, 2.05) is 24.3 Å². The number of Topliss-reactive ketones (excluding diaryl/α,β-unsaturated/α-hetero) is 1. The standard InChI is InChI=1S/C30H35N3O2S/c34-25(20-24-21-35-28-7-3-1-5-26(24)28)19-23-11-9-22(10-12-23)13-14-32-15-17-33(18-16-32)30-27-6-2-4-8-29(27)36-31-30/h1-8,21-23H,9-20H2. The van der Waals surface area contributed by atoms with Gasteiger partial charge < -0.3 is 9.32 Å². The lowest BCUT2D eigenvalue weighted by atomic mass is 9.78. The molecule has 1 aliphatic carbocycles. The van der Waals surface area contributed by atoms with E-state index < -0.39 is 0 Å². The van der Waals surface area contributed by atoms with Gasteiger partial charge in [0.15, 0.2) is 0 Å². The zero-order valence-corrected chi connectivity index (χ0v) is 21.7. The van der Waals surface area contributed by atoms with Gasteiger partial charge in [0, 0.05) is 55.4 Å². The molecule has 6 rings (SSSR count). The largest absolute Gasteiger partial charge is 0.464 e. The van der Waals surface area contributed by atoms with Crippen LogP contribution in [0.3, 0.4) is 0 Å². The minimum atomic E-state index is 0.357. The Morgan fingerprint density at radius 3 is 2.47 bits per heavy atom. The lowest BCUT2D eigenvalue weighted by molar-refractivity contribution is -0.119. The molecule has 5 nitrogen and oxygen atoms in total. The molecule has 0 N–H and O–H groups in total. The molecule has 4 aromatic rings. The van der Waals surface area contributed by atoms with Gasteiger partial charge in [-0.25, -0.2) is 0 Å². The van der Waals surface area contributed by atoms with Crippen molar-refractivity contribution in [3.8, 4) is 0 Å². The van der Waals surface area contributed by atoms with E-state index in [1.165, 1.54) is 54.6 Å². The van der Waals surface area contributed by atoms with Crippen molar-refractivity contribution in [3.63, 3.8) is 0 Å². The summed E-state index contributed by atoms with van der Waals surface area (Å²) >= 11 is 1.61. The number of carbonyl (C=O) groups is 1. The number of fused-ring (bicyclic) bond motifs is 2. The van der Waals surface area contributed by atoms with Gasteiger partial charge in [0.2, 0.25) is 0 Å². The van der Waals surface area contributed by atoms with Crippen LogP contribution in [0.1, 0.15) is 44.1 Å². The number of para-hydroxylation sites is 1. The fraction of sp³-hybridized carbons (Fsp3) is 0.467. The number of hydrogen-bond donors (Lipinski definition) is 0. The third-order valence-corrected chi connectivity index (χ3v) is 9.13. The maximum Gasteiger partial charge on any atom is 0.150 e. The maximum absolute atomic E-state index is 12.8. The Morgan fingerprint density at radius 1 is 0.917 bits per heavy atom. The number of rotatable bonds is 8. The van der Waals surface area contributed by atoms with E-state index in [2.05, 4.69) is 34.1 Å². The number of ketones is 1. The highest BCUT2D eigenvalue weighted by atomic mass is 32.1. The molecule has 2 fully saturated rings. The predicted molar refractivity (Wildman–Crippen MR) is 148 cm³/mol. The number of aromatic nitrogens is 1. The molecule has 1 saturated heterocycles. The molecule has 36 heavy (non-hydrogen) atoms. The van der Waals surface area contributed by atoms with E-state index in [0.717, 1.165) is 55.1 Å². The lowest BCUT2D eigenvalue weighted by Crippen LogP contribution is -2.47. The van der Waals surface area contributed by atoms with Gasteiger partial charge in [0.1, 0.15) is 17.2 Å². The van der Waals surface area contributed by atoms with Gasteiger partial charge in [-0.2, -0.15) is 4.37 Å². The molecule has 188 valence electrons. The molecule has 2 aromatic heterocycles. The maximum atomic E-state index is 12.8. The van der Waals surface area contributed by atoms with E-state index >= 15 is 0 Å². The van der Waals surface area contributed by atoms with Crippen molar-refractivity contribution in [2.24, 2.45) is 11.8 Å². The molecule has 1 saturated carbocycles. The molecule has 2 aliphatic rings. The smallest absolute Gasteiger partial charge is 0.150 e. The van der Waals surface area contributed by atoms with Crippen LogP contribution in [0.15, 0.2) is 59.2 Å². The van der Waals surface area contributed by atoms with Crippen molar-refractivity contribution in [1.29, 1.82) is 0 Å². The first-order valence-electron chi connectivity index (χ1n) is 13.5. The Bertz CT molecular complexity index is 1310. The summed E-state index contributed by atoms with van der Waals surface area (Å²) in [6.07, 6.45) is 9.23. The van der Waals surface area contributed by atoms with E-state index in [4.69, 9.17) is 8.79 Å². The number of benzene rings is 2. The first kappa shape index (κ1) is 23.7. The van der Waals surface area contributed by atoms with Crippen LogP contribution < -0.4 is 4.90 Å². The molecule has 3 heterocycles. The van der Waals surface area contributed by atoms with Crippen LogP contribution in [-0.2, 0) is 11.2 Å². The van der Waals surface area contributed by atoms with E-state index in [-0.39, 0.29) is 0 Å². The second-order valence-electron chi connectivity index (χ2n) is 10.7. The fourth-order valence-corrected chi connectivity index (χ4v) is 6.95. The summed E-state index contributed by atoms with van der Waals surface area (Å²) in [6, 6.07) is 16.6. The van der Waals surface area contributed by atoms with Gasteiger partial charge in [0.05, 0.1) is 11.0 Å². The van der Waals surface area contributed by atoms with Crippen LogP contribution in [0, 0.1) is 11.8 Å². The molecule has 0 amide bonds. The zero-order valence-electron chi connectivity index (χ0n) is 20.9. The monoisotopic (exact) mass is 501 g/mol. The number of carbonyl (C=O) groups excluding carboxylic acids is 1. The van der Waals surface area contributed by atoms with E-state index in [0.29, 0.717) is 18.1 Å². The van der Waals surface area contributed by atoms with Crippen LogP contribution in [-0.4, -0.2) is 47.8 Å². The summed E-state index contributed by atoms with van der Waals surface area (Å²) in [5.41, 5.74) is 1.91. The third kappa shape index (κ3) is 5.21. The fourth-order valence-electron chi connectivity index (χ4n) is 6.15. The third-order valence-electron chi connectivity index (χ3n) is 8.32. The highest BCUT2D eigenvalue weighted by Crippen LogP contribution is 2.34. The van der Waals surface area contributed by atoms with E-state index in [1.54, 1.807) is 17.8 Å². The zero-order chi connectivity index (χ0) is 24.3. The number of hydrogen-bond acceptors (Lipinski definition) is 6. The molecule has 1 aliphatic heterocycles. The average molecular weight is 502 g/mol. The minimum absolute atomic E-state index is 0.357. The molecule has 2 aromatic carbocycles. The summed E-state index contributed by atoms with van der Waals surface area (Å²) in [6.45, 7) is 5.58. The first-order valence-corrected chi connectivity index (χ1v) is 14.3. The van der Waals surface area contributed by atoms with Crippen molar-refractivity contribution < 1.29 is 9.21 Å².